The van der Waals surface area contributed by atoms with Gasteiger partial charge in [-0.25, -0.2) is 4.98 Å². The third-order valence-electron chi connectivity index (χ3n) is 5.21. The Bertz CT molecular complexity index is 1270. The van der Waals surface area contributed by atoms with Gasteiger partial charge in [-0.15, -0.1) is 0 Å². The van der Waals surface area contributed by atoms with E-state index in [1.54, 1.807) is 24.5 Å². The molecule has 0 saturated carbocycles. The van der Waals surface area contributed by atoms with Gasteiger partial charge >= 0.3 is 5.97 Å². The van der Waals surface area contributed by atoms with E-state index in [-0.39, 0.29) is 19.4 Å². The second-order valence-corrected chi connectivity index (χ2v) is 7.76. The number of oxime groups is 1. The quantitative estimate of drug-likeness (QED) is 0.230. The second-order valence-electron chi connectivity index (χ2n) is 7.76. The van der Waals surface area contributed by atoms with Crippen molar-refractivity contribution < 1.29 is 23.9 Å². The maximum Gasteiger partial charge on any atom is 0.303 e. The first-order valence-electron chi connectivity index (χ1n) is 11.1. The molecule has 2 aromatic heterocycles. The summed E-state index contributed by atoms with van der Waals surface area (Å²) in [5.41, 5.74) is 3.91. The Morgan fingerprint density at radius 1 is 0.971 bits per heavy atom. The molecule has 0 aliphatic rings. The SMILES string of the molecule is Cc1oc(-c2ccccc2)nc1COc1ccc(CON=C(CCC(=O)O)c2ccncc2)cc1. The van der Waals surface area contributed by atoms with Gasteiger partial charge in [-0.3, -0.25) is 9.78 Å². The summed E-state index contributed by atoms with van der Waals surface area (Å²) < 4.78 is 11.7. The third kappa shape index (κ3) is 6.77. The number of ether oxygens (including phenoxy) is 1. The molecule has 35 heavy (non-hydrogen) atoms. The number of aromatic nitrogens is 2. The maximum atomic E-state index is 11.0. The van der Waals surface area contributed by atoms with Crippen molar-refractivity contribution in [3.8, 4) is 17.2 Å². The van der Waals surface area contributed by atoms with Crippen LogP contribution in [0.1, 0.15) is 35.4 Å². The van der Waals surface area contributed by atoms with Crippen LogP contribution in [0.4, 0.5) is 0 Å². The Kier molecular flexibility index (Phi) is 7.85. The molecule has 4 rings (SSSR count). The lowest BCUT2D eigenvalue weighted by molar-refractivity contribution is -0.136. The first kappa shape index (κ1) is 23.7. The van der Waals surface area contributed by atoms with Crippen molar-refractivity contribution >= 4 is 11.7 Å². The number of carbonyl (C=O) groups is 1. The molecule has 2 aromatic carbocycles. The molecule has 0 bridgehead atoms. The largest absolute Gasteiger partial charge is 0.487 e. The van der Waals surface area contributed by atoms with E-state index in [0.717, 1.165) is 28.1 Å². The lowest BCUT2D eigenvalue weighted by Gasteiger charge is -2.07. The van der Waals surface area contributed by atoms with Crippen molar-refractivity contribution in [2.24, 2.45) is 5.16 Å². The number of hydrogen-bond donors (Lipinski definition) is 1. The van der Waals surface area contributed by atoms with Gasteiger partial charge in [0.15, 0.2) is 0 Å². The minimum absolute atomic E-state index is 0.0333. The van der Waals surface area contributed by atoms with E-state index in [2.05, 4.69) is 15.1 Å². The molecule has 0 fully saturated rings. The van der Waals surface area contributed by atoms with Gasteiger partial charge in [-0.1, -0.05) is 35.5 Å². The van der Waals surface area contributed by atoms with Crippen molar-refractivity contribution in [2.45, 2.75) is 33.0 Å². The standard InChI is InChI=1S/C27H25N3O5/c1-19-25(29-27(35-19)22-5-3-2-4-6-22)18-33-23-9-7-20(8-10-23)17-34-30-24(11-12-26(31)32)21-13-15-28-16-14-21/h2-10,13-16H,11-12,17-18H2,1H3,(H,31,32). The highest BCUT2D eigenvalue weighted by molar-refractivity contribution is 6.01. The van der Waals surface area contributed by atoms with E-state index in [0.29, 0.717) is 24.0 Å². The van der Waals surface area contributed by atoms with E-state index in [4.69, 9.17) is 19.1 Å². The fourth-order valence-electron chi connectivity index (χ4n) is 3.30. The summed E-state index contributed by atoms with van der Waals surface area (Å²) in [5.74, 6) is 1.10. The van der Waals surface area contributed by atoms with Crippen LogP contribution in [0.5, 0.6) is 5.75 Å². The van der Waals surface area contributed by atoms with Crippen LogP contribution in [0, 0.1) is 6.92 Å². The maximum absolute atomic E-state index is 11.0. The topological polar surface area (TPSA) is 107 Å². The van der Waals surface area contributed by atoms with Gasteiger partial charge in [-0.05, 0) is 48.9 Å². The molecule has 4 aromatic rings. The number of hydrogen-bond acceptors (Lipinski definition) is 7. The number of carboxylic acids is 1. The van der Waals surface area contributed by atoms with Crippen LogP contribution in [0.3, 0.4) is 0 Å². The highest BCUT2D eigenvalue weighted by Crippen LogP contribution is 2.23. The van der Waals surface area contributed by atoms with Gasteiger partial charge in [0.25, 0.3) is 0 Å². The molecule has 0 atom stereocenters. The van der Waals surface area contributed by atoms with E-state index < -0.39 is 5.97 Å². The average Bonchev–Trinajstić information content (AvgIpc) is 3.27. The number of oxazole rings is 1. The number of aliphatic carboxylic acids is 1. The molecule has 1 N–H and O–H groups in total. The number of pyridine rings is 1. The van der Waals surface area contributed by atoms with Crippen LogP contribution in [-0.2, 0) is 22.8 Å². The summed E-state index contributed by atoms with van der Waals surface area (Å²) in [6.07, 6.45) is 3.49. The molecule has 0 unspecified atom stereocenters. The smallest absolute Gasteiger partial charge is 0.303 e. The van der Waals surface area contributed by atoms with Crippen LogP contribution in [0.25, 0.3) is 11.5 Å². The molecule has 0 aliphatic carbocycles. The lowest BCUT2D eigenvalue weighted by atomic mass is 10.1. The van der Waals surface area contributed by atoms with Crippen LogP contribution in [-0.4, -0.2) is 26.8 Å². The zero-order valence-electron chi connectivity index (χ0n) is 19.3. The number of carboxylic acid groups (broad SMARTS) is 1. The minimum atomic E-state index is -0.889. The summed E-state index contributed by atoms with van der Waals surface area (Å²) in [5, 5.41) is 13.2. The Balaban J connectivity index is 1.32. The molecule has 8 heteroatoms. The normalized spacial score (nSPS) is 11.3. The molecule has 8 nitrogen and oxygen atoms in total. The van der Waals surface area contributed by atoms with Gasteiger partial charge in [0, 0.05) is 29.9 Å². The van der Waals surface area contributed by atoms with Crippen LogP contribution in [0.15, 0.2) is 88.7 Å². The Morgan fingerprint density at radius 3 is 2.43 bits per heavy atom. The first-order chi connectivity index (χ1) is 17.1. The van der Waals surface area contributed by atoms with E-state index in [1.165, 1.54) is 0 Å². The summed E-state index contributed by atoms with van der Waals surface area (Å²) in [4.78, 5) is 25.0. The van der Waals surface area contributed by atoms with Gasteiger partial charge in [0.1, 0.15) is 30.4 Å². The second kappa shape index (κ2) is 11.6. The molecule has 178 valence electrons. The molecule has 0 amide bonds. The fraction of sp³-hybridized carbons (Fsp3) is 0.185. The van der Waals surface area contributed by atoms with Crippen LogP contribution >= 0.6 is 0 Å². The van der Waals surface area contributed by atoms with E-state index >= 15 is 0 Å². The Hall–Kier alpha value is -4.46. The highest BCUT2D eigenvalue weighted by atomic mass is 16.6. The Morgan fingerprint density at radius 2 is 1.71 bits per heavy atom. The van der Waals surface area contributed by atoms with Gasteiger partial charge in [0.05, 0.1) is 12.1 Å². The fourth-order valence-corrected chi connectivity index (χ4v) is 3.30. The Labute approximate surface area is 202 Å². The number of rotatable bonds is 11. The number of benzene rings is 2. The summed E-state index contributed by atoms with van der Waals surface area (Å²) in [6.45, 7) is 2.40. The number of aryl methyl sites for hydroxylation is 1. The van der Waals surface area contributed by atoms with Gasteiger partial charge in [-0.2, -0.15) is 0 Å². The average molecular weight is 472 g/mol. The van der Waals surface area contributed by atoms with Crippen molar-refractivity contribution in [3.63, 3.8) is 0 Å². The van der Waals surface area contributed by atoms with Gasteiger partial charge < -0.3 is 19.1 Å². The molecular weight excluding hydrogens is 446 g/mol. The van der Waals surface area contributed by atoms with Crippen LogP contribution < -0.4 is 4.74 Å². The summed E-state index contributed by atoms with van der Waals surface area (Å²) in [6, 6.07) is 20.8. The summed E-state index contributed by atoms with van der Waals surface area (Å²) in [7, 11) is 0. The van der Waals surface area contributed by atoms with Crippen molar-refractivity contribution in [2.75, 3.05) is 0 Å². The summed E-state index contributed by atoms with van der Waals surface area (Å²) >= 11 is 0. The molecule has 0 spiro atoms. The highest BCUT2D eigenvalue weighted by Gasteiger charge is 2.12. The van der Waals surface area contributed by atoms with E-state index in [9.17, 15) is 4.79 Å². The third-order valence-corrected chi connectivity index (χ3v) is 5.21. The molecule has 0 aliphatic heterocycles. The lowest BCUT2D eigenvalue weighted by Crippen LogP contribution is -2.06. The number of nitrogens with zero attached hydrogens (tertiary/aromatic N) is 3. The zero-order valence-corrected chi connectivity index (χ0v) is 19.3. The molecule has 0 radical (unpaired) electrons. The molecule has 0 saturated heterocycles. The van der Waals surface area contributed by atoms with Crippen molar-refractivity contribution in [3.05, 3.63) is 102 Å². The molecular formula is C27H25N3O5. The zero-order chi connectivity index (χ0) is 24.5. The molecule has 2 heterocycles. The van der Waals surface area contributed by atoms with Crippen molar-refractivity contribution in [1.82, 2.24) is 9.97 Å². The van der Waals surface area contributed by atoms with E-state index in [1.807, 2.05) is 61.5 Å². The predicted molar refractivity (Wildman–Crippen MR) is 130 cm³/mol. The monoisotopic (exact) mass is 471 g/mol. The predicted octanol–water partition coefficient (Wildman–Crippen LogP) is 5.41. The van der Waals surface area contributed by atoms with Crippen LogP contribution in [0.2, 0.25) is 0 Å². The first-order valence-corrected chi connectivity index (χ1v) is 11.1. The van der Waals surface area contributed by atoms with Gasteiger partial charge in [0.2, 0.25) is 5.89 Å². The minimum Gasteiger partial charge on any atom is -0.487 e. The van der Waals surface area contributed by atoms with Crippen molar-refractivity contribution in [1.29, 1.82) is 0 Å².